The molecule has 0 saturated heterocycles. The number of nitrogens with two attached hydrogens (primary N) is 1. The molecule has 0 aliphatic heterocycles. The number of rotatable bonds is 3. The van der Waals surface area contributed by atoms with Crippen LogP contribution >= 0.6 is 11.3 Å². The predicted molar refractivity (Wildman–Crippen MR) is 77.7 cm³/mol. The summed E-state index contributed by atoms with van der Waals surface area (Å²) in [7, 11) is -3.22. The number of hydrogen-bond acceptors (Lipinski definition) is 4. The molecule has 0 fully saturated rings. The van der Waals surface area contributed by atoms with Crippen molar-refractivity contribution >= 4 is 31.3 Å². The molecular formula is C13H17NO2S2. The smallest absolute Gasteiger partial charge is 0.154 e. The fourth-order valence-corrected chi connectivity index (χ4v) is 3.41. The lowest BCUT2D eigenvalue weighted by molar-refractivity contribution is 0.498. The van der Waals surface area contributed by atoms with Gasteiger partial charge in [0.1, 0.15) is 0 Å². The molecule has 1 heterocycles. The monoisotopic (exact) mass is 283 g/mol. The third-order valence-electron chi connectivity index (χ3n) is 3.55. The summed E-state index contributed by atoms with van der Waals surface area (Å²) >= 11 is 1.59. The van der Waals surface area contributed by atoms with Gasteiger partial charge in [-0.3, -0.25) is 0 Å². The van der Waals surface area contributed by atoms with E-state index in [1.807, 2.05) is 29.6 Å². The minimum Gasteiger partial charge on any atom is -0.323 e. The molecule has 5 heteroatoms. The maximum atomic E-state index is 11.9. The molecule has 3 nitrogen and oxygen atoms in total. The lowest BCUT2D eigenvalue weighted by Crippen LogP contribution is -2.42. The second-order valence-electron chi connectivity index (χ2n) is 5.04. The van der Waals surface area contributed by atoms with Crippen molar-refractivity contribution in [2.45, 2.75) is 24.6 Å². The Morgan fingerprint density at radius 3 is 2.56 bits per heavy atom. The van der Waals surface area contributed by atoms with Gasteiger partial charge in [0.2, 0.25) is 0 Å². The topological polar surface area (TPSA) is 60.2 Å². The Kier molecular flexibility index (Phi) is 3.25. The van der Waals surface area contributed by atoms with Gasteiger partial charge in [-0.15, -0.1) is 11.3 Å². The highest BCUT2D eigenvalue weighted by molar-refractivity contribution is 7.92. The predicted octanol–water partition coefficient (Wildman–Crippen LogP) is 2.72. The van der Waals surface area contributed by atoms with E-state index in [0.29, 0.717) is 0 Å². The van der Waals surface area contributed by atoms with Crippen LogP contribution in [0.25, 0.3) is 10.1 Å². The second kappa shape index (κ2) is 4.33. The van der Waals surface area contributed by atoms with E-state index >= 15 is 0 Å². The van der Waals surface area contributed by atoms with Crippen molar-refractivity contribution in [3.8, 4) is 0 Å². The van der Waals surface area contributed by atoms with Gasteiger partial charge in [-0.2, -0.15) is 0 Å². The van der Waals surface area contributed by atoms with E-state index in [-0.39, 0.29) is 0 Å². The molecule has 0 saturated carbocycles. The Balaban J connectivity index is 2.59. The SMILES string of the molecule is CC(C)(C(N)c1cccc2ccsc12)S(C)(=O)=O. The van der Waals surface area contributed by atoms with E-state index in [2.05, 4.69) is 0 Å². The molecule has 0 amide bonds. The van der Waals surface area contributed by atoms with Crippen molar-refractivity contribution in [3.63, 3.8) is 0 Å². The third-order valence-corrected chi connectivity index (χ3v) is 6.69. The summed E-state index contributed by atoms with van der Waals surface area (Å²) in [6, 6.07) is 7.33. The molecule has 1 atom stereocenters. The first-order valence-corrected chi connectivity index (χ1v) is 8.43. The molecule has 0 aliphatic rings. The maximum absolute atomic E-state index is 11.9. The highest BCUT2D eigenvalue weighted by atomic mass is 32.2. The minimum absolute atomic E-state index is 0.533. The molecule has 1 aromatic heterocycles. The molecule has 1 aromatic carbocycles. The van der Waals surface area contributed by atoms with Crippen molar-refractivity contribution in [3.05, 3.63) is 35.2 Å². The van der Waals surface area contributed by atoms with Crippen LogP contribution in [0, 0.1) is 0 Å². The van der Waals surface area contributed by atoms with Crippen molar-refractivity contribution in [2.24, 2.45) is 5.73 Å². The average molecular weight is 283 g/mol. The zero-order valence-corrected chi connectivity index (χ0v) is 12.3. The van der Waals surface area contributed by atoms with Crippen LogP contribution in [0.4, 0.5) is 0 Å². The van der Waals surface area contributed by atoms with Crippen LogP contribution < -0.4 is 5.73 Å². The summed E-state index contributed by atoms with van der Waals surface area (Å²) in [5, 5.41) is 3.10. The van der Waals surface area contributed by atoms with E-state index in [1.54, 1.807) is 25.2 Å². The summed E-state index contributed by atoms with van der Waals surface area (Å²) in [6.07, 6.45) is 1.24. The van der Waals surface area contributed by atoms with Gasteiger partial charge in [-0.1, -0.05) is 18.2 Å². The number of fused-ring (bicyclic) bond motifs is 1. The highest BCUT2D eigenvalue weighted by Crippen LogP contribution is 2.35. The van der Waals surface area contributed by atoms with Crippen molar-refractivity contribution in [1.82, 2.24) is 0 Å². The molecule has 1 unspecified atom stereocenters. The van der Waals surface area contributed by atoms with Crippen LogP contribution in [0.1, 0.15) is 25.5 Å². The van der Waals surface area contributed by atoms with Gasteiger partial charge < -0.3 is 5.73 Å². The van der Waals surface area contributed by atoms with E-state index in [4.69, 9.17) is 5.73 Å². The first kappa shape index (κ1) is 13.5. The molecule has 2 aromatic rings. The quantitative estimate of drug-likeness (QED) is 0.942. The van der Waals surface area contributed by atoms with Gasteiger partial charge in [0.15, 0.2) is 9.84 Å². The summed E-state index contributed by atoms with van der Waals surface area (Å²) in [5.74, 6) is 0. The summed E-state index contributed by atoms with van der Waals surface area (Å²) in [6.45, 7) is 3.36. The minimum atomic E-state index is -3.22. The van der Waals surface area contributed by atoms with Crippen molar-refractivity contribution in [2.75, 3.05) is 6.26 Å². The fraction of sp³-hybridized carbons (Fsp3) is 0.385. The van der Waals surface area contributed by atoms with Gasteiger partial charge in [-0.05, 0) is 36.2 Å². The van der Waals surface area contributed by atoms with E-state index in [0.717, 1.165) is 15.6 Å². The molecule has 18 heavy (non-hydrogen) atoms. The maximum Gasteiger partial charge on any atom is 0.154 e. The van der Waals surface area contributed by atoms with Crippen LogP contribution in [0.5, 0.6) is 0 Å². The molecule has 98 valence electrons. The Hall–Kier alpha value is -0.910. The summed E-state index contributed by atoms with van der Waals surface area (Å²) in [4.78, 5) is 0. The Morgan fingerprint density at radius 2 is 1.94 bits per heavy atom. The normalized spacial score (nSPS) is 14.9. The van der Waals surface area contributed by atoms with E-state index in [9.17, 15) is 8.42 Å². The van der Waals surface area contributed by atoms with Crippen LogP contribution in [-0.4, -0.2) is 19.4 Å². The molecule has 0 bridgehead atoms. The van der Waals surface area contributed by atoms with Gasteiger partial charge in [0.05, 0.1) is 10.8 Å². The van der Waals surface area contributed by atoms with Crippen LogP contribution in [0.3, 0.4) is 0 Å². The number of hydrogen-bond donors (Lipinski definition) is 1. The molecule has 0 spiro atoms. The first-order valence-electron chi connectivity index (χ1n) is 5.66. The van der Waals surface area contributed by atoms with Gasteiger partial charge in [-0.25, -0.2) is 8.42 Å². The summed E-state index contributed by atoms with van der Waals surface area (Å²) in [5.41, 5.74) is 7.11. The number of sulfone groups is 1. The zero-order valence-electron chi connectivity index (χ0n) is 10.7. The van der Waals surface area contributed by atoms with Crippen molar-refractivity contribution in [1.29, 1.82) is 0 Å². The highest BCUT2D eigenvalue weighted by Gasteiger charge is 2.38. The Bertz CT molecular complexity index is 671. The fourth-order valence-electron chi connectivity index (χ4n) is 1.87. The Morgan fingerprint density at radius 1 is 1.28 bits per heavy atom. The average Bonchev–Trinajstić information content (AvgIpc) is 2.73. The van der Waals surface area contributed by atoms with Gasteiger partial charge in [0.25, 0.3) is 0 Å². The van der Waals surface area contributed by atoms with Crippen LogP contribution in [-0.2, 0) is 9.84 Å². The van der Waals surface area contributed by atoms with Gasteiger partial charge >= 0.3 is 0 Å². The molecule has 2 N–H and O–H groups in total. The third kappa shape index (κ3) is 2.06. The van der Waals surface area contributed by atoms with E-state index < -0.39 is 20.6 Å². The van der Waals surface area contributed by atoms with Crippen LogP contribution in [0.15, 0.2) is 29.6 Å². The second-order valence-corrected chi connectivity index (χ2v) is 8.55. The number of thiophene rings is 1. The Labute approximate surface area is 112 Å². The van der Waals surface area contributed by atoms with E-state index in [1.165, 1.54) is 6.26 Å². The zero-order chi connectivity index (χ0) is 13.6. The van der Waals surface area contributed by atoms with Crippen LogP contribution in [0.2, 0.25) is 0 Å². The summed E-state index contributed by atoms with van der Waals surface area (Å²) < 4.78 is 23.8. The molecule has 0 aliphatic carbocycles. The lowest BCUT2D eigenvalue weighted by atomic mass is 9.95. The molecule has 2 rings (SSSR count). The largest absolute Gasteiger partial charge is 0.323 e. The lowest BCUT2D eigenvalue weighted by Gasteiger charge is -2.30. The van der Waals surface area contributed by atoms with Gasteiger partial charge in [0, 0.05) is 11.0 Å². The number of benzene rings is 1. The van der Waals surface area contributed by atoms with Crippen molar-refractivity contribution < 1.29 is 8.42 Å². The standard InChI is InChI=1S/C13H17NO2S2/c1-13(2,18(3,15)16)12(14)10-6-4-5-9-7-8-17-11(9)10/h4-8,12H,14H2,1-3H3. The molecule has 0 radical (unpaired) electrons. The first-order chi connectivity index (χ1) is 8.25. The molecular weight excluding hydrogens is 266 g/mol.